The molecule has 0 unspecified atom stereocenters. The number of aliphatic hydroxyl groups is 1. The van der Waals surface area contributed by atoms with Crippen LogP contribution in [0.4, 0.5) is 22.2 Å². The van der Waals surface area contributed by atoms with E-state index in [2.05, 4.69) is 45.9 Å². The van der Waals surface area contributed by atoms with Crippen LogP contribution in [0.5, 0.6) is 5.75 Å². The average Bonchev–Trinajstić information content (AvgIpc) is 4.08. The second-order valence-electron chi connectivity index (χ2n) is 19.6. The minimum absolute atomic E-state index is 0.0482. The lowest BCUT2D eigenvalue weighted by Crippen LogP contribution is -2.60. The standard InChI is InChI=1S/C50H60N14O8S/c1-29(2)72-49(70)61(8)34-13-33(16-51-17-34)38-24-62-25-40(57-41(62)20-52-38)58-42(66)26-60(7)35-21-63(22-35)48-54-18-37(19-55-48)71-27-43(67)59-45(50(4,5)6)47(69)64-23-36(65)14-39(64)46(68)53-15-31-9-11-32(12-10-31)44-30(3)56-28-73-44/h9-13,16-20,24-25,28-29,35-36,39,45,65H,14-15,21-23,26-27H2,1-8H3,(H,53,68)(H,58,66)(H,59,67)/t36-,39+,45-/m1/s1. The number of nitrogens with zero attached hydrogens (tertiary/aromatic N) is 11. The minimum Gasteiger partial charge on any atom is -0.481 e. The summed E-state index contributed by atoms with van der Waals surface area (Å²) in [6, 6.07) is 7.71. The first-order valence-corrected chi connectivity index (χ1v) is 24.7. The van der Waals surface area contributed by atoms with E-state index in [0.29, 0.717) is 47.4 Å². The molecule has 4 N–H and O–H groups in total. The predicted octanol–water partition coefficient (Wildman–Crippen LogP) is 3.94. The van der Waals surface area contributed by atoms with Crippen molar-refractivity contribution < 1.29 is 38.6 Å². The number of thiazole rings is 1. The number of fused-ring (bicyclic) bond motifs is 1. The second-order valence-corrected chi connectivity index (χ2v) is 20.4. The van der Waals surface area contributed by atoms with Crippen LogP contribution in [0.25, 0.3) is 27.3 Å². The second kappa shape index (κ2) is 22.0. The summed E-state index contributed by atoms with van der Waals surface area (Å²) in [7, 11) is 3.47. The van der Waals surface area contributed by atoms with E-state index in [0.717, 1.165) is 21.7 Å². The Balaban J connectivity index is 0.775. The number of rotatable bonds is 17. The van der Waals surface area contributed by atoms with Crippen LogP contribution >= 0.6 is 11.3 Å². The van der Waals surface area contributed by atoms with Crippen LogP contribution in [0, 0.1) is 12.3 Å². The zero-order chi connectivity index (χ0) is 52.1. The molecule has 5 aromatic heterocycles. The van der Waals surface area contributed by atoms with Crippen molar-refractivity contribution in [2.24, 2.45) is 5.41 Å². The Kier molecular flexibility index (Phi) is 15.6. The number of likely N-dealkylation sites (tertiary alicyclic amines) is 1. The quantitative estimate of drug-likeness (QED) is 0.101. The van der Waals surface area contributed by atoms with Gasteiger partial charge in [-0.05, 0) is 50.4 Å². The van der Waals surface area contributed by atoms with Crippen molar-refractivity contribution >= 4 is 64.2 Å². The van der Waals surface area contributed by atoms with E-state index in [4.69, 9.17) is 9.47 Å². The molecule has 0 radical (unpaired) electrons. The number of carbonyl (C=O) groups excluding carboxylic acids is 5. The van der Waals surface area contributed by atoms with Gasteiger partial charge in [0.2, 0.25) is 23.7 Å². The van der Waals surface area contributed by atoms with Crippen LogP contribution < -0.4 is 30.5 Å². The number of imidazole rings is 1. The van der Waals surface area contributed by atoms with E-state index in [1.807, 2.05) is 68.8 Å². The molecule has 73 heavy (non-hydrogen) atoms. The summed E-state index contributed by atoms with van der Waals surface area (Å²) < 4.78 is 12.8. The number of hydrogen-bond acceptors (Lipinski definition) is 17. The summed E-state index contributed by atoms with van der Waals surface area (Å²) in [6.45, 7) is 12.0. The van der Waals surface area contributed by atoms with Gasteiger partial charge in [-0.3, -0.25) is 38.9 Å². The monoisotopic (exact) mass is 1020 g/mol. The number of β-amino-alcohol motifs (C(OH)–C–C–N with tert-alkyl or cyclic N) is 1. The van der Waals surface area contributed by atoms with E-state index < -0.39 is 54.0 Å². The topological polar surface area (TPSA) is 255 Å². The highest BCUT2D eigenvalue weighted by Gasteiger charge is 2.44. The lowest BCUT2D eigenvalue weighted by atomic mass is 9.85. The number of anilines is 3. The van der Waals surface area contributed by atoms with Crippen LogP contribution in [-0.4, -0.2) is 156 Å². The van der Waals surface area contributed by atoms with E-state index in [1.165, 1.54) is 22.2 Å². The Morgan fingerprint density at radius 2 is 1.66 bits per heavy atom. The first kappa shape index (κ1) is 51.7. The molecular weight excluding hydrogens is 957 g/mol. The zero-order valence-electron chi connectivity index (χ0n) is 42.0. The molecule has 0 bridgehead atoms. The fourth-order valence-corrected chi connectivity index (χ4v) is 9.17. The Labute approximate surface area is 426 Å². The van der Waals surface area contributed by atoms with Crippen LogP contribution in [0.15, 0.2) is 79.2 Å². The van der Waals surface area contributed by atoms with Gasteiger partial charge in [-0.1, -0.05) is 45.0 Å². The molecule has 22 nitrogen and oxygen atoms in total. The zero-order valence-corrected chi connectivity index (χ0v) is 42.8. The fraction of sp³-hybridized carbons (Fsp3) is 0.420. The Morgan fingerprint density at radius 1 is 0.918 bits per heavy atom. The van der Waals surface area contributed by atoms with Crippen molar-refractivity contribution in [2.45, 2.75) is 84.8 Å². The number of amides is 5. The summed E-state index contributed by atoms with van der Waals surface area (Å²) in [5.74, 6) is -0.624. The largest absolute Gasteiger partial charge is 0.481 e. The summed E-state index contributed by atoms with van der Waals surface area (Å²) >= 11 is 1.56. The van der Waals surface area contributed by atoms with Gasteiger partial charge in [0, 0.05) is 63.6 Å². The van der Waals surface area contributed by atoms with Gasteiger partial charge in [-0.25, -0.2) is 24.7 Å². The van der Waals surface area contributed by atoms with E-state index in [-0.39, 0.29) is 49.9 Å². The Morgan fingerprint density at radius 3 is 2.34 bits per heavy atom. The number of carbonyl (C=O) groups is 5. The summed E-state index contributed by atoms with van der Waals surface area (Å²) in [4.78, 5) is 101. The molecular formula is C50H60N14O8S. The number of aryl methyl sites for hydroxylation is 1. The van der Waals surface area contributed by atoms with Crippen molar-refractivity contribution in [1.82, 2.24) is 54.7 Å². The molecule has 2 aliphatic heterocycles. The summed E-state index contributed by atoms with van der Waals surface area (Å²) in [6.07, 6.45) is 9.59. The minimum atomic E-state index is -1.03. The van der Waals surface area contributed by atoms with Crippen LogP contribution in [0.3, 0.4) is 0 Å². The maximum atomic E-state index is 14.1. The fourth-order valence-electron chi connectivity index (χ4n) is 8.36. The molecule has 0 aliphatic carbocycles. The Bertz CT molecular complexity index is 2950. The molecule has 2 aliphatic rings. The Hall–Kier alpha value is -7.63. The van der Waals surface area contributed by atoms with Gasteiger partial charge >= 0.3 is 6.09 Å². The van der Waals surface area contributed by atoms with E-state index in [1.54, 1.807) is 79.2 Å². The third-order valence-corrected chi connectivity index (χ3v) is 13.5. The summed E-state index contributed by atoms with van der Waals surface area (Å²) in [5.41, 5.74) is 6.24. The van der Waals surface area contributed by atoms with E-state index in [9.17, 15) is 29.1 Å². The third kappa shape index (κ3) is 12.5. The number of likely N-dealkylation sites (N-methyl/N-ethyl adjacent to an activating group) is 1. The molecule has 6 aromatic rings. The number of pyridine rings is 1. The normalized spacial score (nSPS) is 16.3. The van der Waals surface area contributed by atoms with Gasteiger partial charge < -0.3 is 44.7 Å². The molecule has 0 spiro atoms. The van der Waals surface area contributed by atoms with Gasteiger partial charge in [0.05, 0.1) is 77.2 Å². The van der Waals surface area contributed by atoms with Crippen molar-refractivity contribution in [3.63, 3.8) is 0 Å². The SMILES string of the molecule is Cc1ncsc1-c1ccc(CNC(=O)[C@@H]2C[C@@H](O)CN2C(=O)[C@@H](NC(=O)COc2cnc(N3CC(N(C)CC(=O)Nc4cn5cc(-c6cncc(N(C)C(=O)OC(C)C)c6)ncc5n4)C3)nc2)C(C)(C)C)cc1. The average molecular weight is 1020 g/mol. The van der Waals surface area contributed by atoms with Crippen molar-refractivity contribution in [3.05, 3.63) is 90.5 Å². The van der Waals surface area contributed by atoms with Gasteiger partial charge in [-0.15, -0.1) is 11.3 Å². The maximum Gasteiger partial charge on any atom is 0.414 e. The first-order chi connectivity index (χ1) is 34.8. The van der Waals surface area contributed by atoms with Crippen molar-refractivity contribution in [2.75, 3.05) is 62.0 Å². The highest BCUT2D eigenvalue weighted by molar-refractivity contribution is 7.13. The number of aliphatic hydroxyl groups excluding tert-OH is 1. The lowest BCUT2D eigenvalue weighted by Gasteiger charge is -2.43. The smallest absolute Gasteiger partial charge is 0.414 e. The molecule has 0 saturated carbocycles. The van der Waals surface area contributed by atoms with Gasteiger partial charge in [0.1, 0.15) is 12.1 Å². The van der Waals surface area contributed by atoms with E-state index >= 15 is 0 Å². The molecule has 8 rings (SSSR count). The third-order valence-electron chi connectivity index (χ3n) is 12.5. The maximum absolute atomic E-state index is 14.1. The molecule has 5 amide bonds. The van der Waals surface area contributed by atoms with Crippen LogP contribution in [0.1, 0.15) is 52.3 Å². The molecule has 1 aromatic carbocycles. The summed E-state index contributed by atoms with van der Waals surface area (Å²) in [5, 5.41) is 19.2. The number of ether oxygens (including phenoxy) is 2. The highest BCUT2D eigenvalue weighted by Crippen LogP contribution is 2.29. The lowest BCUT2D eigenvalue weighted by molar-refractivity contribution is -0.144. The van der Waals surface area contributed by atoms with Gasteiger partial charge in [0.15, 0.2) is 23.8 Å². The first-order valence-electron chi connectivity index (χ1n) is 23.8. The number of nitrogens with one attached hydrogen (secondary N) is 3. The van der Waals surface area contributed by atoms with Crippen LogP contribution in [0.2, 0.25) is 0 Å². The van der Waals surface area contributed by atoms with Crippen molar-refractivity contribution in [1.29, 1.82) is 0 Å². The number of hydrogen-bond donors (Lipinski definition) is 4. The predicted molar refractivity (Wildman–Crippen MR) is 273 cm³/mol. The van der Waals surface area contributed by atoms with Gasteiger partial charge in [-0.2, -0.15) is 0 Å². The highest BCUT2D eigenvalue weighted by atomic mass is 32.1. The van der Waals surface area contributed by atoms with Gasteiger partial charge in [0.25, 0.3) is 5.91 Å². The van der Waals surface area contributed by atoms with Crippen LogP contribution in [-0.2, 0) is 30.5 Å². The molecule has 2 fully saturated rings. The molecule has 384 valence electrons. The molecule has 3 atom stereocenters. The number of benzene rings is 1. The molecule has 23 heteroatoms. The van der Waals surface area contributed by atoms with Crippen molar-refractivity contribution in [3.8, 4) is 27.4 Å². The number of aromatic nitrogens is 7. The molecule has 2 saturated heterocycles. The molecule has 7 heterocycles.